The van der Waals surface area contributed by atoms with Crippen LogP contribution in [0.15, 0.2) is 30.5 Å². The van der Waals surface area contributed by atoms with E-state index in [0.717, 1.165) is 12.1 Å². The molecule has 2 heterocycles. The molecule has 1 aromatic carbocycles. The maximum absolute atomic E-state index is 13.0. The first kappa shape index (κ1) is 17.5. The third kappa shape index (κ3) is 3.39. The Morgan fingerprint density at radius 3 is 2.68 bits per heavy atom. The summed E-state index contributed by atoms with van der Waals surface area (Å²) in [6.45, 7) is 1.77. The van der Waals surface area contributed by atoms with Crippen LogP contribution in [0, 0.1) is 6.92 Å². The van der Waals surface area contributed by atoms with Crippen LogP contribution in [0.1, 0.15) is 39.6 Å². The number of aryl methyl sites for hydroxylation is 2. The Morgan fingerprint density at radius 2 is 2.08 bits per heavy atom. The number of aliphatic hydroxyl groups excluding tert-OH is 1. The van der Waals surface area contributed by atoms with Gasteiger partial charge in [-0.2, -0.15) is 18.3 Å². The van der Waals surface area contributed by atoms with Crippen LogP contribution in [-0.4, -0.2) is 38.3 Å². The molecular weight excluding hydrogens is 335 g/mol. The van der Waals surface area contributed by atoms with Gasteiger partial charge in [0.25, 0.3) is 5.91 Å². The molecule has 1 aliphatic heterocycles. The van der Waals surface area contributed by atoms with Crippen LogP contribution < -0.4 is 0 Å². The molecule has 1 N–H and O–H groups in total. The highest BCUT2D eigenvalue weighted by atomic mass is 19.4. The van der Waals surface area contributed by atoms with Crippen LogP contribution in [0.4, 0.5) is 13.2 Å². The predicted molar refractivity (Wildman–Crippen MR) is 83.8 cm³/mol. The first-order chi connectivity index (χ1) is 11.7. The number of alkyl halides is 3. The van der Waals surface area contributed by atoms with Gasteiger partial charge in [-0.3, -0.25) is 9.48 Å². The summed E-state index contributed by atoms with van der Waals surface area (Å²) in [7, 11) is 1.69. The number of amides is 1. The molecule has 3 rings (SSSR count). The summed E-state index contributed by atoms with van der Waals surface area (Å²) in [5.41, 5.74) is 0.517. The van der Waals surface area contributed by atoms with Crippen LogP contribution in [0.25, 0.3) is 0 Å². The number of rotatable bonds is 2. The lowest BCUT2D eigenvalue weighted by Crippen LogP contribution is -2.32. The average Bonchev–Trinajstić information content (AvgIpc) is 3.08. The number of carbonyl (C=O) groups excluding carboxylic acids is 1. The zero-order valence-electron chi connectivity index (χ0n) is 13.8. The number of benzene rings is 1. The molecule has 1 aliphatic rings. The summed E-state index contributed by atoms with van der Waals surface area (Å²) in [6, 6.07) is 4.30. The second-order valence-corrected chi connectivity index (χ2v) is 6.29. The first-order valence-electron chi connectivity index (χ1n) is 7.83. The van der Waals surface area contributed by atoms with E-state index in [2.05, 4.69) is 5.10 Å². The van der Waals surface area contributed by atoms with E-state index in [1.165, 1.54) is 15.6 Å². The minimum Gasteiger partial charge on any atom is -0.391 e. The molecule has 1 saturated heterocycles. The monoisotopic (exact) mass is 353 g/mol. The van der Waals surface area contributed by atoms with E-state index in [9.17, 15) is 23.1 Å². The summed E-state index contributed by atoms with van der Waals surface area (Å²) in [5.74, 6) is -0.343. The minimum absolute atomic E-state index is 0.0775. The van der Waals surface area contributed by atoms with E-state index in [4.69, 9.17) is 0 Å². The summed E-state index contributed by atoms with van der Waals surface area (Å²) >= 11 is 0. The van der Waals surface area contributed by atoms with Crippen molar-refractivity contribution >= 4 is 5.91 Å². The Bertz CT molecular complexity index is 801. The quantitative estimate of drug-likeness (QED) is 0.903. The summed E-state index contributed by atoms with van der Waals surface area (Å²) < 4.78 is 40.4. The number of aliphatic hydroxyl groups is 1. The Morgan fingerprint density at radius 1 is 1.36 bits per heavy atom. The molecule has 1 amide bonds. The van der Waals surface area contributed by atoms with E-state index in [1.807, 2.05) is 0 Å². The topological polar surface area (TPSA) is 58.4 Å². The molecule has 0 spiro atoms. The highest BCUT2D eigenvalue weighted by molar-refractivity contribution is 5.95. The van der Waals surface area contributed by atoms with Crippen LogP contribution in [0.2, 0.25) is 0 Å². The van der Waals surface area contributed by atoms with Crippen LogP contribution in [0.3, 0.4) is 0 Å². The lowest BCUT2D eigenvalue weighted by atomic mass is 10.0. The largest absolute Gasteiger partial charge is 0.416 e. The van der Waals surface area contributed by atoms with Crippen molar-refractivity contribution in [1.82, 2.24) is 14.7 Å². The van der Waals surface area contributed by atoms with Crippen molar-refractivity contribution in [3.8, 4) is 0 Å². The van der Waals surface area contributed by atoms with Gasteiger partial charge >= 0.3 is 6.18 Å². The molecule has 134 valence electrons. The fraction of sp³-hybridized carbons (Fsp3) is 0.412. The maximum atomic E-state index is 13.0. The van der Waals surface area contributed by atoms with E-state index in [-0.39, 0.29) is 18.9 Å². The number of carbonyl (C=O) groups is 1. The first-order valence-corrected chi connectivity index (χ1v) is 7.83. The Kier molecular flexibility index (Phi) is 4.32. The summed E-state index contributed by atoms with van der Waals surface area (Å²) in [5, 5.41) is 14.1. The van der Waals surface area contributed by atoms with Crippen molar-refractivity contribution < 1.29 is 23.1 Å². The van der Waals surface area contributed by atoms with Gasteiger partial charge in [-0.1, -0.05) is 12.1 Å². The molecule has 2 aromatic rings. The number of nitrogens with zero attached hydrogens (tertiary/aromatic N) is 3. The third-order valence-electron chi connectivity index (χ3n) is 4.38. The maximum Gasteiger partial charge on any atom is 0.416 e. The van der Waals surface area contributed by atoms with E-state index in [0.29, 0.717) is 16.8 Å². The molecule has 0 radical (unpaired) electrons. The van der Waals surface area contributed by atoms with Gasteiger partial charge in [0, 0.05) is 19.8 Å². The van der Waals surface area contributed by atoms with Gasteiger partial charge in [0.2, 0.25) is 0 Å². The molecule has 1 fully saturated rings. The second-order valence-electron chi connectivity index (χ2n) is 6.29. The average molecular weight is 353 g/mol. The normalized spacial score (nSPS) is 21.0. The van der Waals surface area contributed by atoms with Crippen LogP contribution in [-0.2, 0) is 13.2 Å². The molecular formula is C17H18F3N3O2. The van der Waals surface area contributed by atoms with Gasteiger partial charge in [-0.25, -0.2) is 0 Å². The SMILES string of the molecule is Cc1nn(C)cc1C(=O)N1C[C@@H](O)C[C@H]1c1cccc(C(F)(F)F)c1. The lowest BCUT2D eigenvalue weighted by Gasteiger charge is -2.25. The fourth-order valence-electron chi connectivity index (χ4n) is 3.24. The van der Waals surface area contributed by atoms with Gasteiger partial charge < -0.3 is 10.0 Å². The molecule has 0 bridgehead atoms. The summed E-state index contributed by atoms with van der Waals surface area (Å²) in [4.78, 5) is 14.3. The number of hydrogen-bond donors (Lipinski definition) is 1. The molecule has 8 heteroatoms. The molecule has 0 unspecified atom stereocenters. The lowest BCUT2D eigenvalue weighted by molar-refractivity contribution is -0.137. The number of β-amino-alcohol motifs (C(OH)–C–C–N with tert-alkyl or cyclic N) is 1. The predicted octanol–water partition coefficient (Wildman–Crippen LogP) is 2.70. The molecule has 2 atom stereocenters. The zero-order chi connectivity index (χ0) is 18.4. The highest BCUT2D eigenvalue weighted by Crippen LogP contribution is 2.37. The Hall–Kier alpha value is -2.35. The number of aromatic nitrogens is 2. The van der Waals surface area contributed by atoms with E-state index < -0.39 is 23.9 Å². The number of hydrogen-bond acceptors (Lipinski definition) is 3. The van der Waals surface area contributed by atoms with Crippen molar-refractivity contribution in [2.75, 3.05) is 6.54 Å². The molecule has 5 nitrogen and oxygen atoms in total. The van der Waals surface area contributed by atoms with Crippen molar-refractivity contribution in [3.05, 3.63) is 52.8 Å². The standard InChI is InChI=1S/C17H18F3N3O2/c1-10-14(9-22(2)21-10)16(25)23-8-13(24)7-15(23)11-4-3-5-12(6-11)17(18,19)20/h3-6,9,13,15,24H,7-8H2,1-2H3/t13-,15-/m0/s1. The molecule has 25 heavy (non-hydrogen) atoms. The van der Waals surface area contributed by atoms with Crippen LogP contribution in [0.5, 0.6) is 0 Å². The van der Waals surface area contributed by atoms with Gasteiger partial charge in [-0.15, -0.1) is 0 Å². The Balaban J connectivity index is 1.95. The van der Waals surface area contributed by atoms with Crippen molar-refractivity contribution in [2.45, 2.75) is 31.7 Å². The van der Waals surface area contributed by atoms with Gasteiger partial charge in [0.15, 0.2) is 0 Å². The van der Waals surface area contributed by atoms with Gasteiger partial charge in [0.05, 0.1) is 29.0 Å². The van der Waals surface area contributed by atoms with E-state index in [1.54, 1.807) is 26.2 Å². The van der Waals surface area contributed by atoms with Gasteiger partial charge in [0.1, 0.15) is 0 Å². The fourth-order valence-corrected chi connectivity index (χ4v) is 3.24. The summed E-state index contributed by atoms with van der Waals surface area (Å²) in [6.07, 6.45) is -3.46. The van der Waals surface area contributed by atoms with Crippen molar-refractivity contribution in [1.29, 1.82) is 0 Å². The minimum atomic E-state index is -4.46. The number of likely N-dealkylation sites (tertiary alicyclic amines) is 1. The highest BCUT2D eigenvalue weighted by Gasteiger charge is 2.38. The molecule has 1 aromatic heterocycles. The zero-order valence-corrected chi connectivity index (χ0v) is 13.8. The van der Waals surface area contributed by atoms with Crippen molar-refractivity contribution in [3.63, 3.8) is 0 Å². The van der Waals surface area contributed by atoms with E-state index >= 15 is 0 Å². The van der Waals surface area contributed by atoms with Crippen molar-refractivity contribution in [2.24, 2.45) is 7.05 Å². The third-order valence-corrected chi connectivity index (χ3v) is 4.38. The molecule has 0 aliphatic carbocycles. The Labute approximate surface area is 142 Å². The van der Waals surface area contributed by atoms with Gasteiger partial charge in [-0.05, 0) is 31.0 Å². The second kappa shape index (κ2) is 6.18. The smallest absolute Gasteiger partial charge is 0.391 e. The number of halogens is 3. The van der Waals surface area contributed by atoms with Crippen LogP contribution >= 0.6 is 0 Å². The molecule has 0 saturated carbocycles.